The van der Waals surface area contributed by atoms with Crippen LogP contribution in [0, 0.1) is 0 Å². The number of nitrogens with zero attached hydrogens (tertiary/aromatic N) is 1. The van der Waals surface area contributed by atoms with Gasteiger partial charge in [0.1, 0.15) is 5.75 Å². The van der Waals surface area contributed by atoms with Gasteiger partial charge in [0.15, 0.2) is 11.5 Å². The van der Waals surface area contributed by atoms with Crippen LogP contribution in [0.2, 0.25) is 0 Å². The largest absolute Gasteiger partial charge is 0.493 e. The highest BCUT2D eigenvalue weighted by molar-refractivity contribution is 7.89. The van der Waals surface area contributed by atoms with Gasteiger partial charge in [0.2, 0.25) is 16.8 Å². The van der Waals surface area contributed by atoms with E-state index in [1.54, 1.807) is 22.5 Å². The quantitative estimate of drug-likeness (QED) is 0.287. The van der Waals surface area contributed by atoms with Crippen LogP contribution >= 0.6 is 0 Å². The average Bonchev–Trinajstić information content (AvgIpc) is 3.62. The number of carbonyl (C=O) groups excluding carboxylic acids is 1. The number of aromatic amines is 1. The van der Waals surface area contributed by atoms with Crippen LogP contribution < -0.4 is 19.9 Å². The number of hydrogen-bond acceptors (Lipinski definition) is 6. The maximum absolute atomic E-state index is 13.1. The van der Waals surface area contributed by atoms with E-state index < -0.39 is 15.9 Å². The topological polar surface area (TPSA) is 124 Å². The lowest BCUT2D eigenvalue weighted by Crippen LogP contribution is -2.39. The van der Waals surface area contributed by atoms with Crippen molar-refractivity contribution in [3.8, 4) is 28.4 Å². The van der Waals surface area contributed by atoms with Gasteiger partial charge in [0, 0.05) is 30.7 Å². The van der Waals surface area contributed by atoms with Gasteiger partial charge in [0.25, 0.3) is 5.91 Å². The Morgan fingerprint density at radius 1 is 1.00 bits per heavy atom. The van der Waals surface area contributed by atoms with Crippen LogP contribution in [-0.4, -0.2) is 55.9 Å². The molecule has 6 rings (SSSR count). The second-order valence-electron chi connectivity index (χ2n) is 10.1. The van der Waals surface area contributed by atoms with Crippen LogP contribution in [0.25, 0.3) is 22.0 Å². The Morgan fingerprint density at radius 2 is 1.77 bits per heavy atom. The molecule has 10 heteroatoms. The predicted octanol–water partition coefficient (Wildman–Crippen LogP) is 4.64. The highest BCUT2D eigenvalue weighted by atomic mass is 32.2. The molecular formula is C30H31N3O6S. The number of nitrogens with two attached hydrogens (primary N) is 1. The fourth-order valence-electron chi connectivity index (χ4n) is 5.55. The molecule has 40 heavy (non-hydrogen) atoms. The lowest BCUT2D eigenvalue weighted by molar-refractivity contribution is 0.100. The minimum absolute atomic E-state index is 0.0255. The number of nitrogens with one attached hydrogen (secondary N) is 1. The molecule has 3 aromatic carbocycles. The lowest BCUT2D eigenvalue weighted by Gasteiger charge is -2.31. The van der Waals surface area contributed by atoms with Crippen LogP contribution in [-0.2, 0) is 10.0 Å². The summed E-state index contributed by atoms with van der Waals surface area (Å²) in [5.41, 5.74) is 9.92. The Balaban J connectivity index is 1.10. The number of H-pyrrole nitrogens is 1. The lowest BCUT2D eigenvalue weighted by atomic mass is 9.88. The van der Waals surface area contributed by atoms with Crippen LogP contribution in [0.5, 0.6) is 17.2 Å². The van der Waals surface area contributed by atoms with E-state index in [0.717, 1.165) is 27.6 Å². The third-order valence-electron chi connectivity index (χ3n) is 7.64. The van der Waals surface area contributed by atoms with Gasteiger partial charge in [-0.05, 0) is 66.1 Å². The van der Waals surface area contributed by atoms with Gasteiger partial charge in [-0.15, -0.1) is 0 Å². The second-order valence-corrected chi connectivity index (χ2v) is 12.2. The van der Waals surface area contributed by atoms with Crippen molar-refractivity contribution in [2.24, 2.45) is 5.73 Å². The summed E-state index contributed by atoms with van der Waals surface area (Å²) in [5.74, 6) is 1.63. The number of rotatable bonds is 9. The van der Waals surface area contributed by atoms with Gasteiger partial charge in [-0.1, -0.05) is 30.3 Å². The molecule has 0 atom stereocenters. The normalized spacial score (nSPS) is 15.9. The van der Waals surface area contributed by atoms with E-state index in [1.807, 2.05) is 42.6 Å². The SMILES string of the molecule is NC(=O)c1cc(-c2ccccc2)cc2c(C3CCN(S(=O)(=O)CCCOc4ccc5c(c4)OCO5)CC3)c[nH]c12. The molecule has 1 fully saturated rings. The maximum atomic E-state index is 13.1. The number of benzene rings is 3. The first-order valence-corrected chi connectivity index (χ1v) is 15.0. The van der Waals surface area contributed by atoms with E-state index in [4.69, 9.17) is 19.9 Å². The predicted molar refractivity (Wildman–Crippen MR) is 152 cm³/mol. The number of carbonyl (C=O) groups is 1. The number of hydrogen-bond donors (Lipinski definition) is 2. The first-order chi connectivity index (χ1) is 19.4. The van der Waals surface area contributed by atoms with E-state index in [9.17, 15) is 13.2 Å². The molecular weight excluding hydrogens is 530 g/mol. The van der Waals surface area contributed by atoms with Gasteiger partial charge in [0.05, 0.1) is 23.4 Å². The van der Waals surface area contributed by atoms with Gasteiger partial charge < -0.3 is 24.9 Å². The zero-order chi connectivity index (χ0) is 27.7. The molecule has 9 nitrogen and oxygen atoms in total. The molecule has 4 aromatic rings. The summed E-state index contributed by atoms with van der Waals surface area (Å²) in [6.45, 7) is 1.38. The highest BCUT2D eigenvalue weighted by Gasteiger charge is 2.30. The minimum atomic E-state index is -3.40. The summed E-state index contributed by atoms with van der Waals surface area (Å²) >= 11 is 0. The van der Waals surface area contributed by atoms with Gasteiger partial charge in [-0.3, -0.25) is 4.79 Å². The third-order valence-corrected chi connectivity index (χ3v) is 9.60. The summed E-state index contributed by atoms with van der Waals surface area (Å²) in [6, 6.07) is 19.1. The maximum Gasteiger partial charge on any atom is 0.250 e. The van der Waals surface area contributed by atoms with Crippen LogP contribution in [0.3, 0.4) is 0 Å². The number of piperidine rings is 1. The Hall–Kier alpha value is -4.02. The Morgan fingerprint density at radius 3 is 2.55 bits per heavy atom. The molecule has 2 aliphatic heterocycles. The third kappa shape index (κ3) is 5.24. The van der Waals surface area contributed by atoms with Crippen molar-refractivity contribution in [2.45, 2.75) is 25.2 Å². The van der Waals surface area contributed by atoms with Crippen molar-refractivity contribution in [2.75, 3.05) is 32.2 Å². The van der Waals surface area contributed by atoms with Crippen LogP contribution in [0.15, 0.2) is 66.9 Å². The van der Waals surface area contributed by atoms with E-state index in [1.165, 1.54) is 0 Å². The molecule has 1 saturated heterocycles. The molecule has 0 spiro atoms. The molecule has 1 aromatic heterocycles. The molecule has 1 amide bonds. The molecule has 3 heterocycles. The number of sulfonamides is 1. The van der Waals surface area contributed by atoms with E-state index >= 15 is 0 Å². The smallest absolute Gasteiger partial charge is 0.250 e. The van der Waals surface area contributed by atoms with E-state index in [2.05, 4.69) is 11.1 Å². The fraction of sp³-hybridized carbons (Fsp3) is 0.300. The molecule has 3 N–H and O–H groups in total. The molecule has 208 valence electrons. The van der Waals surface area contributed by atoms with Crippen molar-refractivity contribution in [3.63, 3.8) is 0 Å². The number of amides is 1. The molecule has 0 radical (unpaired) electrons. The highest BCUT2D eigenvalue weighted by Crippen LogP contribution is 2.38. The number of fused-ring (bicyclic) bond motifs is 2. The number of aromatic nitrogens is 1. The van der Waals surface area contributed by atoms with E-state index in [0.29, 0.717) is 55.2 Å². The fourth-order valence-corrected chi connectivity index (χ4v) is 7.06. The van der Waals surface area contributed by atoms with Crippen molar-refractivity contribution in [1.29, 1.82) is 0 Å². The number of primary amides is 1. The van der Waals surface area contributed by atoms with Crippen molar-refractivity contribution >= 4 is 26.8 Å². The van der Waals surface area contributed by atoms with E-state index in [-0.39, 0.29) is 25.1 Å². The Labute approximate surface area is 232 Å². The zero-order valence-corrected chi connectivity index (χ0v) is 22.8. The van der Waals surface area contributed by atoms with Crippen LogP contribution in [0.4, 0.5) is 0 Å². The average molecular weight is 562 g/mol. The van der Waals surface area contributed by atoms with Crippen molar-refractivity contribution in [3.05, 3.63) is 78.0 Å². The van der Waals surface area contributed by atoms with Gasteiger partial charge >= 0.3 is 0 Å². The Kier molecular flexibility index (Phi) is 7.12. The summed E-state index contributed by atoms with van der Waals surface area (Å²) in [4.78, 5) is 15.5. The molecule has 2 aliphatic rings. The first-order valence-electron chi connectivity index (χ1n) is 13.4. The standard InChI is InChI=1S/C30H31N3O6S/c31-30(34)25-16-22(20-5-2-1-3-6-20)15-24-26(18-32-29(24)25)21-9-11-33(12-10-21)40(35,36)14-4-13-37-23-7-8-27-28(17-23)39-19-38-27/h1-3,5-8,15-18,21,32H,4,9-14,19H2,(H2,31,34). The van der Waals surface area contributed by atoms with Crippen molar-refractivity contribution < 1.29 is 27.4 Å². The molecule has 0 saturated carbocycles. The summed E-state index contributed by atoms with van der Waals surface area (Å²) in [7, 11) is -3.40. The summed E-state index contributed by atoms with van der Waals surface area (Å²) in [5, 5.41) is 0.956. The number of ether oxygens (including phenoxy) is 3. The molecule has 0 bridgehead atoms. The Bertz CT molecular complexity index is 1640. The molecule has 0 unspecified atom stereocenters. The van der Waals surface area contributed by atoms with Crippen molar-refractivity contribution in [1.82, 2.24) is 9.29 Å². The summed E-state index contributed by atoms with van der Waals surface area (Å²) in [6.07, 6.45) is 3.72. The first kappa shape index (κ1) is 26.2. The van der Waals surface area contributed by atoms with Gasteiger partial charge in [-0.2, -0.15) is 0 Å². The summed E-state index contributed by atoms with van der Waals surface area (Å²) < 4.78 is 44.1. The minimum Gasteiger partial charge on any atom is -0.493 e. The second kappa shape index (κ2) is 10.9. The molecule has 0 aliphatic carbocycles. The zero-order valence-electron chi connectivity index (χ0n) is 22.0. The monoisotopic (exact) mass is 561 g/mol. The van der Waals surface area contributed by atoms with Crippen LogP contribution in [0.1, 0.15) is 41.1 Å². The van der Waals surface area contributed by atoms with Gasteiger partial charge in [-0.25, -0.2) is 12.7 Å².